The molecule has 0 spiro atoms. The summed E-state index contributed by atoms with van der Waals surface area (Å²) >= 11 is 1.14. The minimum atomic E-state index is -5.20. The lowest BCUT2D eigenvalue weighted by atomic mass is 10.2. The number of hydrogen-bond acceptors (Lipinski definition) is 4. The van der Waals surface area contributed by atoms with Gasteiger partial charge in [0.25, 0.3) is 6.43 Å². The normalized spacial score (nSPS) is 11.7. The van der Waals surface area contributed by atoms with E-state index in [4.69, 9.17) is 0 Å². The van der Waals surface area contributed by atoms with Gasteiger partial charge in [-0.25, -0.2) is 13.8 Å². The van der Waals surface area contributed by atoms with Crippen molar-refractivity contribution in [3.8, 4) is 5.88 Å². The first-order valence-corrected chi connectivity index (χ1v) is 5.08. The van der Waals surface area contributed by atoms with Crippen molar-refractivity contribution in [1.82, 2.24) is 4.98 Å². The molecule has 1 aromatic heterocycles. The number of halogens is 6. The Kier molecular flexibility index (Phi) is 4.24. The Bertz CT molecular complexity index is 479. The minimum Gasteiger partial charge on any atom is -0.381 e. The van der Waals surface area contributed by atoms with Crippen LogP contribution >= 0.6 is 22.6 Å². The zero-order chi connectivity index (χ0) is 14.1. The number of nitrogens with zero attached hydrogens (tertiary/aromatic N) is 2. The van der Waals surface area contributed by atoms with E-state index < -0.39 is 38.4 Å². The van der Waals surface area contributed by atoms with Crippen molar-refractivity contribution >= 4 is 28.3 Å². The predicted octanol–water partition coefficient (Wildman–Crippen LogP) is 3.43. The molecule has 0 aliphatic heterocycles. The molecule has 0 bridgehead atoms. The summed E-state index contributed by atoms with van der Waals surface area (Å²) in [7, 11) is 0. The average Bonchev–Trinajstić information content (AvgIpc) is 2.13. The average molecular weight is 384 g/mol. The van der Waals surface area contributed by atoms with Crippen LogP contribution in [0.5, 0.6) is 5.88 Å². The van der Waals surface area contributed by atoms with E-state index in [0.29, 0.717) is 6.20 Å². The number of hydrogen-bond donors (Lipinski definition) is 0. The van der Waals surface area contributed by atoms with Gasteiger partial charge < -0.3 is 4.74 Å². The van der Waals surface area contributed by atoms with E-state index in [2.05, 4.69) is 9.72 Å². The standard InChI is InChI=1S/C7H2F5IN2O3/c8-5(9)2-1-14-6(18-7(10,11)12)4(3(2)13)15(16)17/h1,5H. The molecule has 0 amide bonds. The van der Waals surface area contributed by atoms with Gasteiger partial charge in [0.2, 0.25) is 0 Å². The first-order valence-electron chi connectivity index (χ1n) is 4.00. The highest BCUT2D eigenvalue weighted by Gasteiger charge is 2.37. The molecule has 0 saturated carbocycles. The van der Waals surface area contributed by atoms with Crippen molar-refractivity contribution < 1.29 is 31.6 Å². The first-order chi connectivity index (χ1) is 8.13. The van der Waals surface area contributed by atoms with E-state index in [1.165, 1.54) is 0 Å². The Morgan fingerprint density at radius 2 is 2.00 bits per heavy atom. The largest absolute Gasteiger partial charge is 0.574 e. The fourth-order valence-electron chi connectivity index (χ4n) is 0.971. The monoisotopic (exact) mass is 384 g/mol. The summed E-state index contributed by atoms with van der Waals surface area (Å²) in [6, 6.07) is 0. The van der Waals surface area contributed by atoms with E-state index in [0.717, 1.165) is 22.6 Å². The number of pyridine rings is 1. The van der Waals surface area contributed by atoms with Crippen molar-refractivity contribution in [2.45, 2.75) is 12.8 Å². The van der Waals surface area contributed by atoms with Crippen LogP contribution in [0.4, 0.5) is 27.6 Å². The molecule has 0 aliphatic carbocycles. The van der Waals surface area contributed by atoms with Crippen molar-refractivity contribution in [1.29, 1.82) is 0 Å². The quantitative estimate of drug-likeness (QED) is 0.347. The second kappa shape index (κ2) is 5.16. The van der Waals surface area contributed by atoms with Gasteiger partial charge in [0, 0.05) is 6.20 Å². The molecule has 1 rings (SSSR count). The van der Waals surface area contributed by atoms with Crippen molar-refractivity contribution in [3.05, 3.63) is 25.4 Å². The molecule has 0 aliphatic rings. The van der Waals surface area contributed by atoms with Crippen molar-refractivity contribution in [2.75, 3.05) is 0 Å². The van der Waals surface area contributed by atoms with Crippen LogP contribution in [0, 0.1) is 13.7 Å². The van der Waals surface area contributed by atoms with Crippen LogP contribution in [0.2, 0.25) is 0 Å². The molecular formula is C7H2F5IN2O3. The molecule has 0 N–H and O–H groups in total. The zero-order valence-corrected chi connectivity index (χ0v) is 10.2. The van der Waals surface area contributed by atoms with E-state index in [1.807, 2.05) is 0 Å². The molecule has 0 atom stereocenters. The maximum atomic E-state index is 12.4. The Hall–Kier alpha value is -1.27. The first kappa shape index (κ1) is 14.8. The van der Waals surface area contributed by atoms with Crippen LogP contribution in [0.25, 0.3) is 0 Å². The number of ether oxygens (including phenoxy) is 1. The van der Waals surface area contributed by atoms with Gasteiger partial charge in [-0.3, -0.25) is 10.1 Å². The number of aromatic nitrogens is 1. The fourth-order valence-corrected chi connectivity index (χ4v) is 1.77. The zero-order valence-electron chi connectivity index (χ0n) is 8.04. The summed E-state index contributed by atoms with van der Waals surface area (Å²) in [5.74, 6) is -1.37. The topological polar surface area (TPSA) is 65.3 Å². The Morgan fingerprint density at radius 3 is 2.39 bits per heavy atom. The Labute approximate surface area is 109 Å². The van der Waals surface area contributed by atoms with Gasteiger partial charge in [-0.15, -0.1) is 13.2 Å². The van der Waals surface area contributed by atoms with Crippen LogP contribution < -0.4 is 4.74 Å². The molecule has 100 valence electrons. The van der Waals surface area contributed by atoms with Crippen LogP contribution in [-0.4, -0.2) is 16.3 Å². The van der Waals surface area contributed by atoms with Gasteiger partial charge in [0.15, 0.2) is 0 Å². The highest BCUT2D eigenvalue weighted by Crippen LogP contribution is 2.38. The second-order valence-electron chi connectivity index (χ2n) is 2.79. The van der Waals surface area contributed by atoms with E-state index in [1.54, 1.807) is 0 Å². The highest BCUT2D eigenvalue weighted by atomic mass is 127. The summed E-state index contributed by atoms with van der Waals surface area (Å²) in [5.41, 5.74) is -2.08. The van der Waals surface area contributed by atoms with Gasteiger partial charge in [-0.05, 0) is 22.6 Å². The van der Waals surface area contributed by atoms with Gasteiger partial charge in [0.1, 0.15) is 3.57 Å². The van der Waals surface area contributed by atoms with E-state index >= 15 is 0 Å². The second-order valence-corrected chi connectivity index (χ2v) is 3.87. The van der Waals surface area contributed by atoms with Gasteiger partial charge in [-0.1, -0.05) is 0 Å². The molecular weight excluding hydrogens is 382 g/mol. The Balaban J connectivity index is 3.37. The van der Waals surface area contributed by atoms with Crippen LogP contribution in [-0.2, 0) is 0 Å². The number of alkyl halides is 5. The lowest BCUT2D eigenvalue weighted by molar-refractivity contribution is -0.390. The van der Waals surface area contributed by atoms with Gasteiger partial charge in [-0.2, -0.15) is 0 Å². The molecule has 0 saturated heterocycles. The fraction of sp³-hybridized carbons (Fsp3) is 0.286. The molecule has 1 heterocycles. The maximum absolute atomic E-state index is 12.4. The summed E-state index contributed by atoms with van der Waals surface area (Å²) < 4.78 is 63.3. The molecule has 0 aromatic carbocycles. The lowest BCUT2D eigenvalue weighted by Crippen LogP contribution is -2.19. The number of nitro groups is 1. The summed E-state index contributed by atoms with van der Waals surface area (Å²) in [6.07, 6.45) is -7.89. The SMILES string of the molecule is O=[N+]([O-])c1c(OC(F)(F)F)ncc(C(F)F)c1I. The molecule has 1 aromatic rings. The van der Waals surface area contributed by atoms with E-state index in [-0.39, 0.29) is 0 Å². The van der Waals surface area contributed by atoms with Crippen LogP contribution in [0.15, 0.2) is 6.20 Å². The Morgan fingerprint density at radius 1 is 1.44 bits per heavy atom. The summed E-state index contributed by atoms with van der Waals surface area (Å²) in [4.78, 5) is 12.2. The lowest BCUT2D eigenvalue weighted by Gasteiger charge is -2.10. The third-order valence-corrected chi connectivity index (χ3v) is 2.75. The van der Waals surface area contributed by atoms with Crippen LogP contribution in [0.3, 0.4) is 0 Å². The third-order valence-electron chi connectivity index (χ3n) is 1.61. The van der Waals surface area contributed by atoms with Crippen molar-refractivity contribution in [3.63, 3.8) is 0 Å². The molecule has 5 nitrogen and oxygen atoms in total. The molecule has 18 heavy (non-hydrogen) atoms. The van der Waals surface area contributed by atoms with Crippen molar-refractivity contribution in [2.24, 2.45) is 0 Å². The van der Waals surface area contributed by atoms with Gasteiger partial charge in [0.05, 0.1) is 10.5 Å². The van der Waals surface area contributed by atoms with Crippen LogP contribution in [0.1, 0.15) is 12.0 Å². The van der Waals surface area contributed by atoms with Gasteiger partial charge >= 0.3 is 17.9 Å². The predicted molar refractivity (Wildman–Crippen MR) is 55.2 cm³/mol. The molecule has 0 unspecified atom stereocenters. The highest BCUT2D eigenvalue weighted by molar-refractivity contribution is 14.1. The maximum Gasteiger partial charge on any atom is 0.574 e. The summed E-state index contributed by atoms with van der Waals surface area (Å²) in [5, 5.41) is 10.6. The van der Waals surface area contributed by atoms with E-state index in [9.17, 15) is 32.1 Å². The smallest absolute Gasteiger partial charge is 0.381 e. The third kappa shape index (κ3) is 3.36. The minimum absolute atomic E-state index is 0.403. The summed E-state index contributed by atoms with van der Waals surface area (Å²) in [6.45, 7) is 0. The molecule has 0 fully saturated rings. The molecule has 0 radical (unpaired) electrons. The number of rotatable bonds is 3. The molecule has 11 heteroatoms.